The van der Waals surface area contributed by atoms with E-state index in [0.717, 1.165) is 15.0 Å². The van der Waals surface area contributed by atoms with Gasteiger partial charge < -0.3 is 10.5 Å². The number of hydrogen-bond donors (Lipinski definition) is 1. The molecule has 0 saturated heterocycles. The summed E-state index contributed by atoms with van der Waals surface area (Å²) in [6.07, 6.45) is 0. The second kappa shape index (κ2) is 6.27. The second-order valence-electron chi connectivity index (χ2n) is 4.03. The zero-order chi connectivity index (χ0) is 13.8. The maximum absolute atomic E-state index is 11.8. The third kappa shape index (κ3) is 3.62. The molecule has 0 amide bonds. The van der Waals surface area contributed by atoms with Crippen molar-refractivity contribution in [1.29, 1.82) is 0 Å². The van der Waals surface area contributed by atoms with Gasteiger partial charge in [-0.05, 0) is 13.0 Å². The van der Waals surface area contributed by atoms with Crippen LogP contribution < -0.4 is 5.73 Å². The Morgan fingerprint density at radius 1 is 1.53 bits per heavy atom. The van der Waals surface area contributed by atoms with Crippen molar-refractivity contribution in [3.8, 4) is 0 Å². The van der Waals surface area contributed by atoms with Crippen molar-refractivity contribution >= 4 is 33.2 Å². The molecule has 0 aliphatic rings. The largest absolute Gasteiger partial charge is 0.456 e. The van der Waals surface area contributed by atoms with E-state index in [1.54, 1.807) is 5.38 Å². The van der Waals surface area contributed by atoms with Gasteiger partial charge in [0.05, 0.1) is 6.04 Å². The molecule has 1 aromatic carbocycles. The van der Waals surface area contributed by atoms with E-state index >= 15 is 0 Å². The SMILES string of the molecule is CC(N)c1nc(C(=O)OCc2ccccc2Br)cs1. The van der Waals surface area contributed by atoms with E-state index in [2.05, 4.69) is 20.9 Å². The average molecular weight is 341 g/mol. The van der Waals surface area contributed by atoms with Crippen molar-refractivity contribution in [2.75, 3.05) is 0 Å². The highest BCUT2D eigenvalue weighted by atomic mass is 79.9. The molecule has 19 heavy (non-hydrogen) atoms. The molecule has 100 valence electrons. The summed E-state index contributed by atoms with van der Waals surface area (Å²) in [7, 11) is 0. The Morgan fingerprint density at radius 2 is 2.26 bits per heavy atom. The van der Waals surface area contributed by atoms with Crippen LogP contribution >= 0.6 is 27.3 Å². The van der Waals surface area contributed by atoms with Gasteiger partial charge in [-0.25, -0.2) is 9.78 Å². The highest BCUT2D eigenvalue weighted by Crippen LogP contribution is 2.19. The molecule has 4 nitrogen and oxygen atoms in total. The van der Waals surface area contributed by atoms with Gasteiger partial charge in [-0.1, -0.05) is 34.1 Å². The van der Waals surface area contributed by atoms with Crippen molar-refractivity contribution in [1.82, 2.24) is 4.98 Å². The Morgan fingerprint density at radius 3 is 2.89 bits per heavy atom. The van der Waals surface area contributed by atoms with Gasteiger partial charge in [0.2, 0.25) is 0 Å². The van der Waals surface area contributed by atoms with Crippen LogP contribution in [0.2, 0.25) is 0 Å². The average Bonchev–Trinajstić information content (AvgIpc) is 2.87. The molecular weight excluding hydrogens is 328 g/mol. The van der Waals surface area contributed by atoms with E-state index in [4.69, 9.17) is 10.5 Å². The number of nitrogens with two attached hydrogens (primary N) is 1. The summed E-state index contributed by atoms with van der Waals surface area (Å²) in [5.41, 5.74) is 6.93. The Balaban J connectivity index is 1.99. The molecule has 0 radical (unpaired) electrons. The fourth-order valence-electron chi connectivity index (χ4n) is 1.42. The number of nitrogens with zero attached hydrogens (tertiary/aromatic N) is 1. The number of carbonyl (C=O) groups is 1. The smallest absolute Gasteiger partial charge is 0.358 e. The number of thiazole rings is 1. The number of carbonyl (C=O) groups excluding carboxylic acids is 1. The number of hydrogen-bond acceptors (Lipinski definition) is 5. The summed E-state index contributed by atoms with van der Waals surface area (Å²) in [5, 5.41) is 2.40. The Labute approximate surface area is 123 Å². The third-order valence-corrected chi connectivity index (χ3v) is 4.26. The number of esters is 1. The maximum atomic E-state index is 11.8. The van der Waals surface area contributed by atoms with Crippen LogP contribution in [-0.2, 0) is 11.3 Å². The first-order valence-electron chi connectivity index (χ1n) is 5.69. The van der Waals surface area contributed by atoms with Crippen LogP contribution in [0, 0.1) is 0 Å². The van der Waals surface area contributed by atoms with Crippen molar-refractivity contribution in [2.24, 2.45) is 5.73 Å². The lowest BCUT2D eigenvalue weighted by Crippen LogP contribution is -2.08. The van der Waals surface area contributed by atoms with E-state index in [0.29, 0.717) is 5.69 Å². The van der Waals surface area contributed by atoms with Gasteiger partial charge in [-0.15, -0.1) is 11.3 Å². The Hall–Kier alpha value is -1.24. The summed E-state index contributed by atoms with van der Waals surface area (Å²) in [6.45, 7) is 2.04. The normalized spacial score (nSPS) is 12.2. The highest BCUT2D eigenvalue weighted by Gasteiger charge is 2.14. The van der Waals surface area contributed by atoms with Crippen LogP contribution in [0.1, 0.15) is 34.0 Å². The molecule has 2 rings (SSSR count). The summed E-state index contributed by atoms with van der Waals surface area (Å²) >= 11 is 4.77. The Bertz CT molecular complexity index is 584. The molecule has 6 heteroatoms. The highest BCUT2D eigenvalue weighted by molar-refractivity contribution is 9.10. The summed E-state index contributed by atoms with van der Waals surface area (Å²) < 4.78 is 6.14. The molecular formula is C13H13BrN2O2S. The van der Waals surface area contributed by atoms with E-state index in [1.165, 1.54) is 11.3 Å². The number of rotatable bonds is 4. The van der Waals surface area contributed by atoms with Crippen molar-refractivity contribution in [2.45, 2.75) is 19.6 Å². The molecule has 1 unspecified atom stereocenters. The van der Waals surface area contributed by atoms with Crippen LogP contribution in [0.25, 0.3) is 0 Å². The van der Waals surface area contributed by atoms with E-state index < -0.39 is 5.97 Å². The van der Waals surface area contributed by atoms with Crippen LogP contribution in [0.15, 0.2) is 34.1 Å². The van der Waals surface area contributed by atoms with Gasteiger partial charge in [0.1, 0.15) is 11.6 Å². The molecule has 0 fully saturated rings. The fraction of sp³-hybridized carbons (Fsp3) is 0.231. The quantitative estimate of drug-likeness (QED) is 0.867. The van der Waals surface area contributed by atoms with Crippen LogP contribution in [0.3, 0.4) is 0 Å². The van der Waals surface area contributed by atoms with Gasteiger partial charge in [0, 0.05) is 15.4 Å². The van der Waals surface area contributed by atoms with E-state index in [-0.39, 0.29) is 12.6 Å². The van der Waals surface area contributed by atoms with E-state index in [9.17, 15) is 4.79 Å². The molecule has 1 aromatic heterocycles. The van der Waals surface area contributed by atoms with Gasteiger partial charge >= 0.3 is 5.97 Å². The zero-order valence-electron chi connectivity index (χ0n) is 10.3. The molecule has 1 atom stereocenters. The topological polar surface area (TPSA) is 65.2 Å². The lowest BCUT2D eigenvalue weighted by Gasteiger charge is -2.05. The fourth-order valence-corrected chi connectivity index (χ4v) is 2.57. The first-order valence-corrected chi connectivity index (χ1v) is 7.36. The summed E-state index contributed by atoms with van der Waals surface area (Å²) in [5.74, 6) is -0.432. The van der Waals surface area contributed by atoms with Crippen molar-refractivity contribution < 1.29 is 9.53 Å². The maximum Gasteiger partial charge on any atom is 0.358 e. The number of halogens is 1. The van der Waals surface area contributed by atoms with Gasteiger partial charge in [0.15, 0.2) is 5.69 Å². The van der Waals surface area contributed by atoms with Gasteiger partial charge in [0.25, 0.3) is 0 Å². The lowest BCUT2D eigenvalue weighted by molar-refractivity contribution is 0.0465. The van der Waals surface area contributed by atoms with Gasteiger partial charge in [-0.3, -0.25) is 0 Å². The predicted molar refractivity (Wildman–Crippen MR) is 78.0 cm³/mol. The minimum atomic E-state index is -0.432. The van der Waals surface area contributed by atoms with Gasteiger partial charge in [-0.2, -0.15) is 0 Å². The van der Waals surface area contributed by atoms with Crippen LogP contribution in [0.5, 0.6) is 0 Å². The Kier molecular flexibility index (Phi) is 4.68. The third-order valence-electron chi connectivity index (χ3n) is 2.44. The standard InChI is InChI=1S/C13H13BrN2O2S/c1-8(15)12-16-11(7-19-12)13(17)18-6-9-4-2-3-5-10(9)14/h2-5,7-8H,6,15H2,1H3. The molecule has 0 spiro atoms. The van der Waals surface area contributed by atoms with Crippen molar-refractivity contribution in [3.05, 3.63) is 50.4 Å². The number of benzene rings is 1. The first-order chi connectivity index (χ1) is 9.08. The number of aromatic nitrogens is 1. The lowest BCUT2D eigenvalue weighted by atomic mass is 10.2. The molecule has 1 heterocycles. The second-order valence-corrected chi connectivity index (χ2v) is 5.77. The molecule has 0 saturated carbocycles. The monoisotopic (exact) mass is 340 g/mol. The predicted octanol–water partition coefficient (Wildman–Crippen LogP) is 3.28. The van der Waals surface area contributed by atoms with Crippen LogP contribution in [-0.4, -0.2) is 11.0 Å². The summed E-state index contributed by atoms with van der Waals surface area (Å²) in [4.78, 5) is 16.0. The number of ether oxygens (including phenoxy) is 1. The minimum absolute atomic E-state index is 0.171. The molecule has 0 aliphatic carbocycles. The molecule has 0 aliphatic heterocycles. The molecule has 0 bridgehead atoms. The molecule has 2 aromatic rings. The summed E-state index contributed by atoms with van der Waals surface area (Å²) in [6, 6.07) is 7.43. The van der Waals surface area contributed by atoms with Crippen LogP contribution in [0.4, 0.5) is 0 Å². The minimum Gasteiger partial charge on any atom is -0.456 e. The molecule has 2 N–H and O–H groups in total. The van der Waals surface area contributed by atoms with E-state index in [1.807, 2.05) is 31.2 Å². The van der Waals surface area contributed by atoms with Crippen molar-refractivity contribution in [3.63, 3.8) is 0 Å². The zero-order valence-corrected chi connectivity index (χ0v) is 12.7. The first kappa shape index (κ1) is 14.2.